The van der Waals surface area contributed by atoms with E-state index in [1.54, 1.807) is 6.07 Å². The van der Waals surface area contributed by atoms with Gasteiger partial charge in [-0.2, -0.15) is 0 Å². The summed E-state index contributed by atoms with van der Waals surface area (Å²) in [7, 11) is 0. The average molecular weight is 527 g/mol. The van der Waals surface area contributed by atoms with Gasteiger partial charge < -0.3 is 25.2 Å². The van der Waals surface area contributed by atoms with Crippen LogP contribution in [0.15, 0.2) is 53.5 Å². The van der Waals surface area contributed by atoms with Crippen molar-refractivity contribution in [2.24, 2.45) is 4.99 Å². The fourth-order valence-corrected chi connectivity index (χ4v) is 2.80. The Labute approximate surface area is 197 Å². The number of rotatable bonds is 11. The Hall–Kier alpha value is -2.00. The second-order valence-electron chi connectivity index (χ2n) is 6.63. The van der Waals surface area contributed by atoms with Crippen molar-refractivity contribution < 1.29 is 14.6 Å². The predicted octanol–water partition coefficient (Wildman–Crippen LogP) is 4.63. The van der Waals surface area contributed by atoms with Gasteiger partial charge in [0, 0.05) is 19.7 Å². The number of benzene rings is 2. The number of hydrogen-bond acceptors (Lipinski definition) is 4. The molecule has 0 saturated carbocycles. The lowest BCUT2D eigenvalue weighted by atomic mass is 10.1. The van der Waals surface area contributed by atoms with Crippen LogP contribution in [0.3, 0.4) is 0 Å². The van der Waals surface area contributed by atoms with E-state index in [-0.39, 0.29) is 35.8 Å². The van der Waals surface area contributed by atoms with Gasteiger partial charge in [-0.15, -0.1) is 24.0 Å². The van der Waals surface area contributed by atoms with Crippen LogP contribution in [0.25, 0.3) is 0 Å². The smallest absolute Gasteiger partial charge is 0.191 e. The molecule has 2 rings (SSSR count). The molecule has 7 heteroatoms. The van der Waals surface area contributed by atoms with Crippen LogP contribution in [0.5, 0.6) is 11.5 Å². The van der Waals surface area contributed by atoms with Crippen molar-refractivity contribution in [3.8, 4) is 11.5 Å². The number of nitrogens with zero attached hydrogens (tertiary/aromatic N) is 1. The Morgan fingerprint density at radius 1 is 1.10 bits per heavy atom. The summed E-state index contributed by atoms with van der Waals surface area (Å²) in [5.74, 6) is 1.40. The van der Waals surface area contributed by atoms with Gasteiger partial charge in [-0.3, -0.25) is 0 Å². The van der Waals surface area contributed by atoms with Crippen LogP contribution in [-0.4, -0.2) is 37.4 Å². The van der Waals surface area contributed by atoms with E-state index in [1.807, 2.05) is 44.2 Å². The maximum atomic E-state index is 9.81. The first-order chi connectivity index (χ1) is 14.1. The van der Waals surface area contributed by atoms with Gasteiger partial charge in [0.25, 0.3) is 0 Å². The number of ether oxygens (including phenoxy) is 2. The number of phenolic OH excluding ortho intramolecular Hbond substituents is 1. The van der Waals surface area contributed by atoms with Crippen molar-refractivity contribution in [1.82, 2.24) is 10.6 Å². The van der Waals surface area contributed by atoms with Crippen LogP contribution < -0.4 is 15.4 Å². The zero-order valence-electron chi connectivity index (χ0n) is 18.1. The van der Waals surface area contributed by atoms with Gasteiger partial charge in [-0.1, -0.05) is 36.4 Å². The van der Waals surface area contributed by atoms with Crippen molar-refractivity contribution in [1.29, 1.82) is 0 Å². The Morgan fingerprint density at radius 3 is 2.57 bits per heavy atom. The van der Waals surface area contributed by atoms with Crippen LogP contribution >= 0.6 is 24.0 Å². The highest BCUT2D eigenvalue weighted by Crippen LogP contribution is 2.27. The number of halogens is 1. The molecule has 1 atom stereocenters. The van der Waals surface area contributed by atoms with E-state index in [4.69, 9.17) is 9.47 Å². The molecule has 0 saturated heterocycles. The molecule has 6 nitrogen and oxygen atoms in total. The zero-order chi connectivity index (χ0) is 20.9. The summed E-state index contributed by atoms with van der Waals surface area (Å²) in [6.07, 6.45) is 0.974. The monoisotopic (exact) mass is 527 g/mol. The van der Waals surface area contributed by atoms with Crippen molar-refractivity contribution in [3.63, 3.8) is 0 Å². The van der Waals surface area contributed by atoms with E-state index < -0.39 is 0 Å². The standard InChI is InChI=1S/C23H33N3O3.HI/c1-4-24-23(26-17-19-12-13-21(27)22(16-19)28-5-2)25-14-9-15-29-18(3)20-10-7-6-8-11-20;/h6-8,10-13,16,18,27H,4-5,9,14-15,17H2,1-3H3,(H2,24,25,26);1H. The largest absolute Gasteiger partial charge is 0.504 e. The predicted molar refractivity (Wildman–Crippen MR) is 133 cm³/mol. The molecule has 0 amide bonds. The SMILES string of the molecule is CCNC(=NCc1ccc(O)c(OCC)c1)NCCCOC(C)c1ccccc1.I. The Balaban J connectivity index is 0.00000450. The highest BCUT2D eigenvalue weighted by Gasteiger charge is 2.06. The molecule has 2 aromatic carbocycles. The first-order valence-corrected chi connectivity index (χ1v) is 10.3. The number of guanidine groups is 1. The lowest BCUT2D eigenvalue weighted by Gasteiger charge is -2.15. The topological polar surface area (TPSA) is 75.1 Å². The summed E-state index contributed by atoms with van der Waals surface area (Å²) in [4.78, 5) is 4.61. The van der Waals surface area contributed by atoms with Gasteiger partial charge in [0.15, 0.2) is 17.5 Å². The number of nitrogens with one attached hydrogen (secondary N) is 2. The van der Waals surface area contributed by atoms with Crippen LogP contribution in [-0.2, 0) is 11.3 Å². The maximum Gasteiger partial charge on any atom is 0.191 e. The molecule has 2 aromatic rings. The van der Waals surface area contributed by atoms with Gasteiger partial charge in [-0.05, 0) is 50.5 Å². The Kier molecular flexibility index (Phi) is 12.9. The minimum Gasteiger partial charge on any atom is -0.504 e. The molecule has 166 valence electrons. The maximum absolute atomic E-state index is 9.81. The van der Waals surface area contributed by atoms with Gasteiger partial charge in [0.1, 0.15) is 0 Å². The molecule has 0 aliphatic heterocycles. The van der Waals surface area contributed by atoms with E-state index in [0.717, 1.165) is 31.0 Å². The molecule has 0 aliphatic carbocycles. The summed E-state index contributed by atoms with van der Waals surface area (Å²) >= 11 is 0. The molecule has 0 fully saturated rings. The van der Waals surface area contributed by atoms with Crippen molar-refractivity contribution in [2.45, 2.75) is 39.8 Å². The highest BCUT2D eigenvalue weighted by atomic mass is 127. The summed E-state index contributed by atoms with van der Waals surface area (Å²) in [6, 6.07) is 15.5. The molecule has 0 heterocycles. The minimum atomic E-state index is 0. The van der Waals surface area contributed by atoms with E-state index in [1.165, 1.54) is 5.56 Å². The third kappa shape index (κ3) is 9.21. The molecule has 0 aromatic heterocycles. The third-order valence-corrected chi connectivity index (χ3v) is 4.34. The quantitative estimate of drug-likeness (QED) is 0.172. The molecule has 30 heavy (non-hydrogen) atoms. The normalized spacial score (nSPS) is 12.0. The lowest BCUT2D eigenvalue weighted by molar-refractivity contribution is 0.0646. The van der Waals surface area contributed by atoms with E-state index in [0.29, 0.717) is 25.5 Å². The second kappa shape index (κ2) is 14.9. The molecule has 3 N–H and O–H groups in total. The summed E-state index contributed by atoms with van der Waals surface area (Å²) in [6.45, 7) is 9.24. The third-order valence-electron chi connectivity index (χ3n) is 4.34. The molecule has 1 unspecified atom stereocenters. The van der Waals surface area contributed by atoms with Crippen molar-refractivity contribution in [2.75, 3.05) is 26.3 Å². The van der Waals surface area contributed by atoms with Crippen LogP contribution in [0, 0.1) is 0 Å². The number of hydrogen-bond donors (Lipinski definition) is 3. The van der Waals surface area contributed by atoms with Crippen LogP contribution in [0.1, 0.15) is 44.4 Å². The molecular weight excluding hydrogens is 493 g/mol. The van der Waals surface area contributed by atoms with E-state index in [9.17, 15) is 5.11 Å². The zero-order valence-corrected chi connectivity index (χ0v) is 20.4. The van der Waals surface area contributed by atoms with Gasteiger partial charge in [0.2, 0.25) is 0 Å². The molecule has 0 spiro atoms. The van der Waals surface area contributed by atoms with Gasteiger partial charge >= 0.3 is 0 Å². The second-order valence-corrected chi connectivity index (χ2v) is 6.63. The molecule has 0 bridgehead atoms. The number of aliphatic imine (C=N–C) groups is 1. The van der Waals surface area contributed by atoms with Crippen LogP contribution in [0.2, 0.25) is 0 Å². The van der Waals surface area contributed by atoms with Crippen molar-refractivity contribution >= 4 is 29.9 Å². The average Bonchev–Trinajstić information content (AvgIpc) is 2.74. The Bertz CT molecular complexity index is 757. The van der Waals surface area contributed by atoms with Crippen LogP contribution in [0.4, 0.5) is 0 Å². The first-order valence-electron chi connectivity index (χ1n) is 10.3. The number of phenols is 1. The fourth-order valence-electron chi connectivity index (χ4n) is 2.80. The Morgan fingerprint density at radius 2 is 1.87 bits per heavy atom. The molecular formula is C23H34IN3O3. The van der Waals surface area contributed by atoms with Gasteiger partial charge in [-0.25, -0.2) is 4.99 Å². The molecule has 0 radical (unpaired) electrons. The lowest BCUT2D eigenvalue weighted by Crippen LogP contribution is -2.38. The summed E-state index contributed by atoms with van der Waals surface area (Å²) in [5.41, 5.74) is 2.17. The van der Waals surface area contributed by atoms with Crippen molar-refractivity contribution in [3.05, 3.63) is 59.7 Å². The first kappa shape index (κ1) is 26.0. The summed E-state index contributed by atoms with van der Waals surface area (Å²) < 4.78 is 11.3. The van der Waals surface area contributed by atoms with E-state index in [2.05, 4.69) is 34.7 Å². The minimum absolute atomic E-state index is 0. The summed E-state index contributed by atoms with van der Waals surface area (Å²) in [5, 5.41) is 16.4. The molecule has 0 aliphatic rings. The number of aromatic hydroxyl groups is 1. The van der Waals surface area contributed by atoms with E-state index >= 15 is 0 Å². The van der Waals surface area contributed by atoms with Gasteiger partial charge in [0.05, 0.1) is 19.3 Å². The fraction of sp³-hybridized carbons (Fsp3) is 0.435. The highest BCUT2D eigenvalue weighted by molar-refractivity contribution is 14.0.